The highest BCUT2D eigenvalue weighted by molar-refractivity contribution is 7.47. The number of hydrogen-bond acceptors (Lipinski definition) is 3. The molecule has 3 aromatic carbocycles. The number of nitrogens with one attached hydrogen (secondary N) is 1. The third-order valence-corrected chi connectivity index (χ3v) is 7.91. The summed E-state index contributed by atoms with van der Waals surface area (Å²) in [5.41, 5.74) is 8.24. The summed E-state index contributed by atoms with van der Waals surface area (Å²) in [5, 5.41) is 5.09. The molecule has 3 rings (SSSR count). The second-order valence-corrected chi connectivity index (χ2v) is 11.7. The molecule has 0 aromatic heterocycles. The molecule has 0 spiro atoms. The Kier molecular flexibility index (Phi) is 9.31. The van der Waals surface area contributed by atoms with E-state index in [1.807, 2.05) is 0 Å². The molecule has 0 heterocycles. The molecule has 2 atom stereocenters. The summed E-state index contributed by atoms with van der Waals surface area (Å²) in [5.74, 6) is 0.965. The minimum Gasteiger partial charge on any atom is -0.467 e. The molecule has 0 aliphatic heterocycles. The lowest BCUT2D eigenvalue weighted by Gasteiger charge is -2.26. The Labute approximate surface area is 208 Å². The van der Waals surface area contributed by atoms with Crippen molar-refractivity contribution >= 4 is 13.9 Å². The summed E-state index contributed by atoms with van der Waals surface area (Å²) in [6, 6.07) is 21.9. The molecule has 0 amide bonds. The molecule has 34 heavy (non-hydrogen) atoms. The Morgan fingerprint density at radius 2 is 1.65 bits per heavy atom. The smallest absolute Gasteiger partial charge is 0.188 e. The van der Waals surface area contributed by atoms with E-state index in [4.69, 9.17) is 9.47 Å². The minimum atomic E-state index is 0.0807. The predicted octanol–water partition coefficient (Wildman–Crippen LogP) is 6.94. The van der Waals surface area contributed by atoms with Crippen LogP contribution in [0, 0.1) is 13.8 Å². The van der Waals surface area contributed by atoms with Crippen molar-refractivity contribution < 1.29 is 9.47 Å². The van der Waals surface area contributed by atoms with Crippen LogP contribution in [0.4, 0.5) is 0 Å². The van der Waals surface area contributed by atoms with Gasteiger partial charge in [0.15, 0.2) is 6.79 Å². The van der Waals surface area contributed by atoms with Crippen molar-refractivity contribution in [1.29, 1.82) is 0 Å². The van der Waals surface area contributed by atoms with Gasteiger partial charge in [0.25, 0.3) is 0 Å². The van der Waals surface area contributed by atoms with Crippen molar-refractivity contribution in [3.8, 4) is 5.75 Å². The van der Waals surface area contributed by atoms with Gasteiger partial charge in [-0.3, -0.25) is 0 Å². The lowest BCUT2D eigenvalue weighted by molar-refractivity contribution is 0.0499. The first kappa shape index (κ1) is 26.4. The van der Waals surface area contributed by atoms with Gasteiger partial charge in [0, 0.05) is 31.4 Å². The lowest BCUT2D eigenvalue weighted by Crippen LogP contribution is -2.19. The Bertz CT molecular complexity index is 1070. The van der Waals surface area contributed by atoms with Crippen LogP contribution in [0.2, 0.25) is 0 Å². The van der Waals surface area contributed by atoms with E-state index in [9.17, 15) is 0 Å². The molecule has 0 saturated heterocycles. The fourth-order valence-corrected chi connectivity index (χ4v) is 5.66. The van der Waals surface area contributed by atoms with Crippen molar-refractivity contribution in [1.82, 2.24) is 5.32 Å². The van der Waals surface area contributed by atoms with Gasteiger partial charge < -0.3 is 14.8 Å². The van der Waals surface area contributed by atoms with E-state index in [0.717, 1.165) is 18.8 Å². The maximum Gasteiger partial charge on any atom is 0.188 e. The Morgan fingerprint density at radius 1 is 0.912 bits per heavy atom. The number of hydrogen-bond donors (Lipinski definition) is 1. The van der Waals surface area contributed by atoms with Crippen LogP contribution < -0.4 is 15.4 Å². The van der Waals surface area contributed by atoms with E-state index >= 15 is 0 Å². The van der Waals surface area contributed by atoms with Crippen LogP contribution in [0.1, 0.15) is 66.7 Å². The number of aryl methyl sites for hydroxylation is 2. The quantitative estimate of drug-likeness (QED) is 0.253. The molecule has 3 nitrogen and oxygen atoms in total. The summed E-state index contributed by atoms with van der Waals surface area (Å²) in [7, 11) is 2.32. The zero-order valence-electron chi connectivity index (χ0n) is 21.8. The maximum atomic E-state index is 6.09. The average molecular weight is 478 g/mol. The Morgan fingerprint density at radius 3 is 2.32 bits per heavy atom. The molecule has 0 aliphatic rings. The van der Waals surface area contributed by atoms with Gasteiger partial charge in [-0.1, -0.05) is 96.9 Å². The van der Waals surface area contributed by atoms with Crippen LogP contribution >= 0.6 is 8.58 Å². The van der Waals surface area contributed by atoms with Crippen LogP contribution in [0.3, 0.4) is 0 Å². The van der Waals surface area contributed by atoms with Gasteiger partial charge >= 0.3 is 0 Å². The zero-order valence-corrected chi connectivity index (χ0v) is 22.8. The third kappa shape index (κ3) is 6.92. The van der Waals surface area contributed by atoms with Crippen LogP contribution in [-0.2, 0) is 23.2 Å². The summed E-state index contributed by atoms with van der Waals surface area (Å²) >= 11 is 0. The van der Waals surface area contributed by atoms with Crippen molar-refractivity contribution in [3.05, 3.63) is 94.0 Å². The molecule has 0 aliphatic carbocycles. The van der Waals surface area contributed by atoms with Gasteiger partial charge in [-0.15, -0.1) is 0 Å². The lowest BCUT2D eigenvalue weighted by atomic mass is 9.84. The minimum absolute atomic E-state index is 0.0807. The SMILES string of the molecule is COCOc1c(C)cc(C(C)(C)C)cc1C(C)Pc1c(C)cccc1CNCc1ccccc1. The van der Waals surface area contributed by atoms with E-state index < -0.39 is 0 Å². The van der Waals surface area contributed by atoms with E-state index in [2.05, 4.69) is 108 Å². The van der Waals surface area contributed by atoms with Crippen molar-refractivity contribution in [3.63, 3.8) is 0 Å². The molecule has 0 bridgehead atoms. The van der Waals surface area contributed by atoms with Crippen molar-refractivity contribution in [2.24, 2.45) is 0 Å². The number of rotatable bonds is 10. The van der Waals surface area contributed by atoms with Crippen molar-refractivity contribution in [2.45, 2.75) is 65.7 Å². The molecule has 1 N–H and O–H groups in total. The molecular weight excluding hydrogens is 437 g/mol. The second-order valence-electron chi connectivity index (χ2n) is 10.1. The molecule has 2 unspecified atom stereocenters. The number of ether oxygens (including phenoxy) is 2. The third-order valence-electron chi connectivity index (χ3n) is 6.16. The molecule has 182 valence electrons. The average Bonchev–Trinajstić information content (AvgIpc) is 2.80. The predicted molar refractivity (Wildman–Crippen MR) is 147 cm³/mol. The fraction of sp³-hybridized carbons (Fsp3) is 0.400. The summed E-state index contributed by atoms with van der Waals surface area (Å²) in [6.07, 6.45) is 0. The Balaban J connectivity index is 1.87. The van der Waals surface area contributed by atoms with Crippen molar-refractivity contribution in [2.75, 3.05) is 13.9 Å². The number of methoxy groups -OCH3 is 1. The van der Waals surface area contributed by atoms with Gasteiger partial charge in [-0.25, -0.2) is 0 Å². The van der Waals surface area contributed by atoms with E-state index in [1.54, 1.807) is 7.11 Å². The van der Waals surface area contributed by atoms with E-state index in [-0.39, 0.29) is 12.2 Å². The van der Waals surface area contributed by atoms with E-state index in [0.29, 0.717) is 14.2 Å². The molecule has 3 aromatic rings. The van der Waals surface area contributed by atoms with Gasteiger partial charge in [0.1, 0.15) is 5.75 Å². The van der Waals surface area contributed by atoms with Crippen LogP contribution in [0.5, 0.6) is 5.75 Å². The van der Waals surface area contributed by atoms with Gasteiger partial charge in [0.05, 0.1) is 0 Å². The standard InChI is InChI=1S/C30H40NO2P/c1-21-12-11-15-25(19-31-18-24-13-9-8-10-14-24)29(21)34-23(3)27-17-26(30(4,5)6)16-22(2)28(27)33-20-32-7/h8-17,23,31,34H,18-20H2,1-7H3. The van der Waals surface area contributed by atoms with Gasteiger partial charge in [0.2, 0.25) is 0 Å². The highest BCUT2D eigenvalue weighted by Crippen LogP contribution is 2.43. The molecule has 0 fully saturated rings. The van der Waals surface area contributed by atoms with Gasteiger partial charge in [-0.2, -0.15) is 0 Å². The first-order valence-electron chi connectivity index (χ1n) is 12.1. The highest BCUT2D eigenvalue weighted by Gasteiger charge is 2.22. The largest absolute Gasteiger partial charge is 0.467 e. The first-order valence-corrected chi connectivity index (χ1v) is 13.1. The molecule has 0 radical (unpaired) electrons. The monoisotopic (exact) mass is 477 g/mol. The highest BCUT2D eigenvalue weighted by atomic mass is 31.1. The fourth-order valence-electron chi connectivity index (χ4n) is 4.18. The van der Waals surface area contributed by atoms with Crippen LogP contribution in [0.15, 0.2) is 60.7 Å². The van der Waals surface area contributed by atoms with E-state index in [1.165, 1.54) is 38.7 Å². The maximum absolute atomic E-state index is 6.09. The Hall–Kier alpha value is -2.19. The second kappa shape index (κ2) is 12.0. The summed E-state index contributed by atoms with van der Waals surface area (Å²) < 4.78 is 11.3. The van der Waals surface area contributed by atoms with Gasteiger partial charge in [-0.05, 0) is 52.4 Å². The summed E-state index contributed by atoms with van der Waals surface area (Å²) in [4.78, 5) is 0. The molecule has 4 heteroatoms. The first-order chi connectivity index (χ1) is 16.2. The molecule has 0 saturated carbocycles. The van der Waals surface area contributed by atoms with Crippen LogP contribution in [0.25, 0.3) is 0 Å². The zero-order chi connectivity index (χ0) is 24.7. The summed E-state index contributed by atoms with van der Waals surface area (Å²) in [6.45, 7) is 15.5. The number of benzene rings is 3. The normalized spacial score (nSPS) is 12.9. The van der Waals surface area contributed by atoms with Crippen LogP contribution in [-0.4, -0.2) is 13.9 Å². The molecular formula is C30H40NO2P. The topological polar surface area (TPSA) is 30.5 Å².